The summed E-state index contributed by atoms with van der Waals surface area (Å²) in [5.41, 5.74) is -3.99. The Hall–Kier alpha value is -1.83. The van der Waals surface area contributed by atoms with Crippen molar-refractivity contribution in [3.8, 4) is 0 Å². The van der Waals surface area contributed by atoms with Crippen LogP contribution in [0.5, 0.6) is 0 Å². The van der Waals surface area contributed by atoms with Gasteiger partial charge in [0.25, 0.3) is 0 Å². The maximum absolute atomic E-state index is 12.7. The Kier molecular flexibility index (Phi) is 4.19. The third kappa shape index (κ3) is 2.12. The number of allylic oxidation sites excluding steroid dienone is 1. The number of rotatable bonds is 5. The number of carbonyl (C=O) groups excluding carboxylic acids is 2. The number of benzene rings is 1. The van der Waals surface area contributed by atoms with Gasteiger partial charge in [0.1, 0.15) is 12.2 Å². The molecule has 7 heteroatoms. The highest BCUT2D eigenvalue weighted by Gasteiger charge is 2.70. The van der Waals surface area contributed by atoms with Crippen molar-refractivity contribution in [2.24, 2.45) is 0 Å². The van der Waals surface area contributed by atoms with E-state index in [4.69, 9.17) is 4.74 Å². The molecule has 128 valence electrons. The van der Waals surface area contributed by atoms with E-state index in [1.165, 1.54) is 13.0 Å². The first-order chi connectivity index (χ1) is 11.4. The fourth-order valence-electron chi connectivity index (χ4n) is 3.32. The molecule has 1 aliphatic heterocycles. The Labute approximate surface area is 143 Å². The van der Waals surface area contributed by atoms with Crippen molar-refractivity contribution in [3.63, 3.8) is 0 Å². The molecule has 0 saturated carbocycles. The maximum Gasteiger partial charge on any atom is 0.339 e. The van der Waals surface area contributed by atoms with E-state index in [0.717, 1.165) is 5.75 Å². The summed E-state index contributed by atoms with van der Waals surface area (Å²) < 4.78 is 5.18. The Morgan fingerprint density at radius 3 is 2.75 bits per heavy atom. The van der Waals surface area contributed by atoms with Gasteiger partial charge in [0.05, 0.1) is 0 Å². The van der Waals surface area contributed by atoms with Gasteiger partial charge in [-0.3, -0.25) is 4.79 Å². The highest BCUT2D eigenvalue weighted by Crippen LogP contribution is 2.51. The van der Waals surface area contributed by atoms with E-state index in [0.29, 0.717) is 5.75 Å². The van der Waals surface area contributed by atoms with Crippen LogP contribution < -0.4 is 5.32 Å². The zero-order chi connectivity index (χ0) is 17.5. The topological polar surface area (TPSA) is 95.9 Å². The molecule has 2 aliphatic rings. The standard InChI is InChI=1S/C17H19NO5S/c1-3-24-9-8-23-15(20)13-10(2)18-17(22)12-7-5-4-6-11(12)14(19)16(13,17)21/h4-7,18,21-22H,3,8-9H2,1-2H3. The van der Waals surface area contributed by atoms with Crippen LogP contribution in [-0.2, 0) is 15.3 Å². The van der Waals surface area contributed by atoms with Crippen molar-refractivity contribution in [2.75, 3.05) is 18.1 Å². The molecule has 0 fully saturated rings. The Morgan fingerprint density at radius 2 is 2.04 bits per heavy atom. The molecule has 0 radical (unpaired) electrons. The van der Waals surface area contributed by atoms with Crippen LogP contribution in [0.15, 0.2) is 35.5 Å². The van der Waals surface area contributed by atoms with Crippen LogP contribution in [0.3, 0.4) is 0 Å². The average Bonchev–Trinajstić information content (AvgIpc) is 2.87. The van der Waals surface area contributed by atoms with Crippen LogP contribution in [-0.4, -0.2) is 45.7 Å². The fourth-order valence-corrected chi connectivity index (χ4v) is 3.81. The molecule has 0 spiro atoms. The summed E-state index contributed by atoms with van der Waals surface area (Å²) in [5.74, 6) is 0.0214. The van der Waals surface area contributed by atoms with Crippen LogP contribution in [0, 0.1) is 0 Å². The van der Waals surface area contributed by atoms with E-state index in [1.807, 2.05) is 6.92 Å². The van der Waals surface area contributed by atoms with Crippen molar-refractivity contribution in [1.82, 2.24) is 5.32 Å². The molecule has 3 rings (SSSR count). The highest BCUT2D eigenvalue weighted by atomic mass is 32.2. The smallest absolute Gasteiger partial charge is 0.339 e. The van der Waals surface area contributed by atoms with Gasteiger partial charge < -0.3 is 20.3 Å². The number of hydrogen-bond donors (Lipinski definition) is 3. The Balaban J connectivity index is 1.95. The number of fused-ring (bicyclic) bond motifs is 3. The zero-order valence-electron chi connectivity index (χ0n) is 13.5. The molecule has 0 bridgehead atoms. The lowest BCUT2D eigenvalue weighted by Gasteiger charge is -2.31. The van der Waals surface area contributed by atoms with E-state index < -0.39 is 23.1 Å². The van der Waals surface area contributed by atoms with Crippen molar-refractivity contribution >= 4 is 23.5 Å². The summed E-state index contributed by atoms with van der Waals surface area (Å²) in [5, 5.41) is 24.7. The molecule has 2 atom stereocenters. The van der Waals surface area contributed by atoms with Crippen LogP contribution in [0.4, 0.5) is 0 Å². The Bertz CT molecular complexity index is 746. The molecule has 24 heavy (non-hydrogen) atoms. The van der Waals surface area contributed by atoms with E-state index in [1.54, 1.807) is 30.0 Å². The zero-order valence-corrected chi connectivity index (χ0v) is 14.3. The van der Waals surface area contributed by atoms with Gasteiger partial charge >= 0.3 is 5.97 Å². The lowest BCUT2D eigenvalue weighted by atomic mass is 9.85. The SMILES string of the molecule is CCSCCOC(=O)C1=C(C)NC2(O)c3ccccc3C(=O)C12O. The molecule has 2 unspecified atom stereocenters. The first kappa shape index (κ1) is 17.0. The molecule has 1 aromatic rings. The summed E-state index contributed by atoms with van der Waals surface area (Å²) >= 11 is 1.61. The second kappa shape index (κ2) is 5.91. The largest absolute Gasteiger partial charge is 0.461 e. The van der Waals surface area contributed by atoms with Gasteiger partial charge in [0.15, 0.2) is 0 Å². The van der Waals surface area contributed by atoms with E-state index in [-0.39, 0.29) is 29.0 Å². The second-order valence-electron chi connectivity index (χ2n) is 5.75. The monoisotopic (exact) mass is 349 g/mol. The van der Waals surface area contributed by atoms with Gasteiger partial charge in [-0.1, -0.05) is 31.2 Å². The number of Topliss-reactive ketones (excluding diaryl/α,β-unsaturated/α-hetero) is 1. The number of hydrogen-bond acceptors (Lipinski definition) is 7. The minimum absolute atomic E-state index is 0.170. The van der Waals surface area contributed by atoms with Crippen molar-refractivity contribution in [2.45, 2.75) is 25.2 Å². The molecule has 1 aromatic carbocycles. The molecule has 0 saturated heterocycles. The van der Waals surface area contributed by atoms with Gasteiger partial charge in [-0.2, -0.15) is 11.8 Å². The van der Waals surface area contributed by atoms with Gasteiger partial charge in [0.2, 0.25) is 17.1 Å². The van der Waals surface area contributed by atoms with E-state index in [9.17, 15) is 19.8 Å². The second-order valence-corrected chi connectivity index (χ2v) is 7.15. The fraction of sp³-hybridized carbons (Fsp3) is 0.412. The predicted octanol–water partition coefficient (Wildman–Crippen LogP) is 0.933. The normalized spacial score (nSPS) is 27.8. The van der Waals surface area contributed by atoms with Crippen LogP contribution in [0.25, 0.3) is 0 Å². The van der Waals surface area contributed by atoms with Crippen molar-refractivity contribution in [1.29, 1.82) is 0 Å². The Morgan fingerprint density at radius 1 is 1.33 bits per heavy atom. The molecule has 3 N–H and O–H groups in total. The lowest BCUT2D eigenvalue weighted by Crippen LogP contribution is -2.56. The molecular formula is C17H19NO5S. The summed E-state index contributed by atoms with van der Waals surface area (Å²) in [6.45, 7) is 3.70. The summed E-state index contributed by atoms with van der Waals surface area (Å²) in [7, 11) is 0. The minimum atomic E-state index is -2.38. The lowest BCUT2D eigenvalue weighted by molar-refractivity contribution is -0.146. The van der Waals surface area contributed by atoms with E-state index in [2.05, 4.69) is 5.32 Å². The van der Waals surface area contributed by atoms with Crippen molar-refractivity contribution < 1.29 is 24.5 Å². The first-order valence-electron chi connectivity index (χ1n) is 7.71. The van der Waals surface area contributed by atoms with Gasteiger partial charge in [-0.25, -0.2) is 4.79 Å². The highest BCUT2D eigenvalue weighted by molar-refractivity contribution is 7.99. The van der Waals surface area contributed by atoms with Crippen LogP contribution in [0.2, 0.25) is 0 Å². The van der Waals surface area contributed by atoms with E-state index >= 15 is 0 Å². The number of ketones is 1. The minimum Gasteiger partial charge on any atom is -0.461 e. The van der Waals surface area contributed by atoms with Crippen LogP contribution >= 0.6 is 11.8 Å². The molecule has 6 nitrogen and oxygen atoms in total. The van der Waals surface area contributed by atoms with Gasteiger partial charge in [-0.05, 0) is 12.7 Å². The predicted molar refractivity (Wildman–Crippen MR) is 89.4 cm³/mol. The maximum atomic E-state index is 12.7. The number of carbonyl (C=O) groups is 2. The molecule has 0 amide bonds. The third-order valence-electron chi connectivity index (χ3n) is 4.39. The van der Waals surface area contributed by atoms with Crippen molar-refractivity contribution in [3.05, 3.63) is 46.7 Å². The third-order valence-corrected chi connectivity index (χ3v) is 5.25. The first-order valence-corrected chi connectivity index (χ1v) is 8.86. The molecule has 0 aromatic heterocycles. The number of thioether (sulfide) groups is 1. The van der Waals surface area contributed by atoms with Gasteiger partial charge in [0, 0.05) is 22.6 Å². The number of esters is 1. The average molecular weight is 349 g/mol. The summed E-state index contributed by atoms with van der Waals surface area (Å²) in [6.07, 6.45) is 0. The number of aliphatic hydroxyl groups is 2. The summed E-state index contributed by atoms with van der Waals surface area (Å²) in [6, 6.07) is 6.37. The number of ether oxygens (including phenoxy) is 1. The quantitative estimate of drug-likeness (QED) is 0.538. The molecule has 1 heterocycles. The van der Waals surface area contributed by atoms with Crippen LogP contribution in [0.1, 0.15) is 29.8 Å². The number of nitrogens with one attached hydrogen (secondary N) is 1. The molecule has 1 aliphatic carbocycles. The molecular weight excluding hydrogens is 330 g/mol. The summed E-state index contributed by atoms with van der Waals surface area (Å²) in [4.78, 5) is 25.2. The van der Waals surface area contributed by atoms with Gasteiger partial charge in [-0.15, -0.1) is 0 Å².